The molecule has 2 aromatic rings. The van der Waals surface area contributed by atoms with E-state index in [1.54, 1.807) is 0 Å². The summed E-state index contributed by atoms with van der Waals surface area (Å²) in [6, 6.07) is 19.2. The molecule has 1 aliphatic carbocycles. The Kier molecular flexibility index (Phi) is 4.82. The summed E-state index contributed by atoms with van der Waals surface area (Å²) in [4.78, 5) is 12.7. The molecule has 1 saturated heterocycles. The molecule has 3 heteroatoms. The number of aryl methyl sites for hydroxylation is 1. The van der Waals surface area contributed by atoms with Crippen molar-refractivity contribution in [2.75, 3.05) is 19.8 Å². The Labute approximate surface area is 155 Å². The van der Waals surface area contributed by atoms with Crippen molar-refractivity contribution in [2.24, 2.45) is 5.92 Å². The van der Waals surface area contributed by atoms with E-state index in [9.17, 15) is 4.79 Å². The van der Waals surface area contributed by atoms with Gasteiger partial charge >= 0.3 is 0 Å². The van der Waals surface area contributed by atoms with Crippen molar-refractivity contribution in [1.82, 2.24) is 5.32 Å². The van der Waals surface area contributed by atoms with Crippen molar-refractivity contribution in [2.45, 2.75) is 37.5 Å². The van der Waals surface area contributed by atoms with Gasteiger partial charge in [-0.15, -0.1) is 0 Å². The molecule has 2 atom stereocenters. The van der Waals surface area contributed by atoms with Crippen LogP contribution < -0.4 is 5.32 Å². The SMILES string of the molecule is Cc1ccc(C2(CNC(=O)[C@H]3C[C@H]3c3ccccc3)CCOCC2)cc1. The first-order valence-electron chi connectivity index (χ1n) is 9.65. The number of hydrogen-bond acceptors (Lipinski definition) is 2. The zero-order valence-electron chi connectivity index (χ0n) is 15.4. The Morgan fingerprint density at radius 1 is 1.08 bits per heavy atom. The molecule has 1 saturated carbocycles. The zero-order chi connectivity index (χ0) is 18.0. The molecular formula is C23H27NO2. The van der Waals surface area contributed by atoms with Gasteiger partial charge in [0.25, 0.3) is 0 Å². The summed E-state index contributed by atoms with van der Waals surface area (Å²) in [6.45, 7) is 4.34. The standard InChI is InChI=1S/C23H27NO2/c1-17-7-9-19(10-8-17)23(11-13-26-14-12-23)16-24-22(25)21-15-20(21)18-5-3-2-4-6-18/h2-10,20-21H,11-16H2,1H3,(H,24,25)/t20-,21-/m0/s1. The minimum absolute atomic E-state index is 0.00125. The van der Waals surface area contributed by atoms with Gasteiger partial charge in [0.15, 0.2) is 0 Å². The minimum atomic E-state index is -0.00125. The largest absolute Gasteiger partial charge is 0.381 e. The maximum absolute atomic E-state index is 12.7. The molecule has 2 aliphatic rings. The zero-order valence-corrected chi connectivity index (χ0v) is 15.4. The van der Waals surface area contributed by atoms with Crippen LogP contribution >= 0.6 is 0 Å². The summed E-state index contributed by atoms with van der Waals surface area (Å²) in [5, 5.41) is 3.27. The van der Waals surface area contributed by atoms with Gasteiger partial charge in [0.05, 0.1) is 0 Å². The van der Waals surface area contributed by atoms with Crippen LogP contribution in [0.15, 0.2) is 54.6 Å². The van der Waals surface area contributed by atoms with E-state index >= 15 is 0 Å². The monoisotopic (exact) mass is 349 g/mol. The Morgan fingerprint density at radius 2 is 1.77 bits per heavy atom. The van der Waals surface area contributed by atoms with Crippen LogP contribution in [0.25, 0.3) is 0 Å². The molecule has 2 aromatic carbocycles. The minimum Gasteiger partial charge on any atom is -0.381 e. The molecule has 0 spiro atoms. The lowest BCUT2D eigenvalue weighted by Crippen LogP contribution is -2.45. The Bertz CT molecular complexity index is 748. The molecule has 0 bridgehead atoms. The normalized spacial score (nSPS) is 24.0. The topological polar surface area (TPSA) is 38.3 Å². The van der Waals surface area contributed by atoms with Gasteiger partial charge in [-0.3, -0.25) is 4.79 Å². The van der Waals surface area contributed by atoms with Crippen LogP contribution in [-0.2, 0) is 14.9 Å². The Hall–Kier alpha value is -2.13. The van der Waals surface area contributed by atoms with Gasteiger partial charge in [0.2, 0.25) is 5.91 Å². The molecule has 3 nitrogen and oxygen atoms in total. The first-order valence-corrected chi connectivity index (χ1v) is 9.65. The van der Waals surface area contributed by atoms with E-state index < -0.39 is 0 Å². The Balaban J connectivity index is 1.42. The molecule has 0 aromatic heterocycles. The van der Waals surface area contributed by atoms with Gasteiger partial charge in [0, 0.05) is 31.1 Å². The van der Waals surface area contributed by atoms with Gasteiger partial charge in [-0.25, -0.2) is 0 Å². The molecule has 26 heavy (non-hydrogen) atoms. The van der Waals surface area contributed by atoms with Crippen LogP contribution in [0.2, 0.25) is 0 Å². The summed E-state index contributed by atoms with van der Waals surface area (Å²) in [5.74, 6) is 0.727. The van der Waals surface area contributed by atoms with Gasteiger partial charge in [-0.1, -0.05) is 60.2 Å². The number of benzene rings is 2. The lowest BCUT2D eigenvalue weighted by molar-refractivity contribution is -0.122. The Morgan fingerprint density at radius 3 is 2.46 bits per heavy atom. The number of amides is 1. The second-order valence-electron chi connectivity index (χ2n) is 7.84. The van der Waals surface area contributed by atoms with Crippen molar-refractivity contribution in [3.8, 4) is 0 Å². The van der Waals surface area contributed by atoms with Gasteiger partial charge in [0.1, 0.15) is 0 Å². The van der Waals surface area contributed by atoms with E-state index in [0.29, 0.717) is 12.5 Å². The van der Waals surface area contributed by atoms with Crippen molar-refractivity contribution in [3.05, 3.63) is 71.3 Å². The second kappa shape index (κ2) is 7.24. The van der Waals surface area contributed by atoms with Gasteiger partial charge in [-0.05, 0) is 43.2 Å². The number of carbonyl (C=O) groups excluding carboxylic acids is 1. The molecule has 1 heterocycles. The van der Waals surface area contributed by atoms with Crippen molar-refractivity contribution in [1.29, 1.82) is 0 Å². The van der Waals surface area contributed by atoms with Gasteiger partial charge < -0.3 is 10.1 Å². The third-order valence-corrected chi connectivity index (χ3v) is 6.07. The maximum Gasteiger partial charge on any atom is 0.223 e. The molecule has 1 amide bonds. The highest BCUT2D eigenvalue weighted by molar-refractivity contribution is 5.83. The summed E-state index contributed by atoms with van der Waals surface area (Å²) >= 11 is 0. The predicted octanol–water partition coefficient (Wildman–Crippen LogP) is 3.96. The smallest absolute Gasteiger partial charge is 0.223 e. The number of hydrogen-bond donors (Lipinski definition) is 1. The highest BCUT2D eigenvalue weighted by Crippen LogP contribution is 2.47. The van der Waals surface area contributed by atoms with Crippen LogP contribution in [-0.4, -0.2) is 25.7 Å². The quantitative estimate of drug-likeness (QED) is 0.887. The lowest BCUT2D eigenvalue weighted by Gasteiger charge is -2.38. The average molecular weight is 349 g/mol. The fourth-order valence-electron chi connectivity index (χ4n) is 4.18. The highest BCUT2D eigenvalue weighted by atomic mass is 16.5. The molecule has 1 aliphatic heterocycles. The van der Waals surface area contributed by atoms with Crippen molar-refractivity contribution < 1.29 is 9.53 Å². The number of ether oxygens (including phenoxy) is 1. The van der Waals surface area contributed by atoms with Crippen LogP contribution in [0.4, 0.5) is 0 Å². The van der Waals surface area contributed by atoms with Crippen LogP contribution in [0.1, 0.15) is 41.9 Å². The third kappa shape index (κ3) is 3.54. The molecule has 136 valence electrons. The van der Waals surface area contributed by atoms with Crippen LogP contribution in [0.3, 0.4) is 0 Å². The summed E-state index contributed by atoms with van der Waals surface area (Å²) in [5.41, 5.74) is 3.87. The van der Waals surface area contributed by atoms with Gasteiger partial charge in [-0.2, -0.15) is 0 Å². The predicted molar refractivity (Wildman–Crippen MR) is 103 cm³/mol. The fraction of sp³-hybridized carbons (Fsp3) is 0.435. The molecular weight excluding hydrogens is 322 g/mol. The van der Waals surface area contributed by atoms with E-state index in [0.717, 1.165) is 32.5 Å². The summed E-state index contributed by atoms with van der Waals surface area (Å²) < 4.78 is 5.60. The maximum atomic E-state index is 12.7. The fourth-order valence-corrected chi connectivity index (χ4v) is 4.18. The first-order chi connectivity index (χ1) is 12.7. The number of carbonyl (C=O) groups is 1. The lowest BCUT2D eigenvalue weighted by atomic mass is 9.74. The van der Waals surface area contributed by atoms with E-state index in [-0.39, 0.29) is 17.2 Å². The average Bonchev–Trinajstić information content (AvgIpc) is 3.49. The van der Waals surface area contributed by atoms with E-state index in [4.69, 9.17) is 4.74 Å². The van der Waals surface area contributed by atoms with Crippen molar-refractivity contribution >= 4 is 5.91 Å². The van der Waals surface area contributed by atoms with Crippen LogP contribution in [0, 0.1) is 12.8 Å². The van der Waals surface area contributed by atoms with Crippen LogP contribution in [0.5, 0.6) is 0 Å². The first kappa shape index (κ1) is 17.3. The number of rotatable bonds is 5. The summed E-state index contributed by atoms with van der Waals surface area (Å²) in [6.07, 6.45) is 2.89. The second-order valence-corrected chi connectivity index (χ2v) is 7.84. The van der Waals surface area contributed by atoms with E-state index in [1.807, 2.05) is 6.07 Å². The van der Waals surface area contributed by atoms with E-state index in [1.165, 1.54) is 16.7 Å². The molecule has 0 radical (unpaired) electrons. The molecule has 0 unspecified atom stereocenters. The molecule has 1 N–H and O–H groups in total. The number of nitrogens with one attached hydrogen (secondary N) is 1. The van der Waals surface area contributed by atoms with Crippen molar-refractivity contribution in [3.63, 3.8) is 0 Å². The van der Waals surface area contributed by atoms with E-state index in [2.05, 4.69) is 60.8 Å². The third-order valence-electron chi connectivity index (χ3n) is 6.07. The summed E-state index contributed by atoms with van der Waals surface area (Å²) in [7, 11) is 0. The molecule has 2 fully saturated rings. The molecule has 4 rings (SSSR count). The highest BCUT2D eigenvalue weighted by Gasteiger charge is 2.44.